The Balaban J connectivity index is 2.52. The first-order valence-electron chi connectivity index (χ1n) is 6.59. The first-order valence-corrected chi connectivity index (χ1v) is 8.03. The quantitative estimate of drug-likeness (QED) is 0.726. The fourth-order valence-corrected chi connectivity index (χ4v) is 4.18. The molecule has 9 heteroatoms. The molecule has 0 amide bonds. The third kappa shape index (κ3) is 2.56. The van der Waals surface area contributed by atoms with Gasteiger partial charge in [-0.1, -0.05) is 6.92 Å². The van der Waals surface area contributed by atoms with E-state index in [-0.39, 0.29) is 16.9 Å². The van der Waals surface area contributed by atoms with E-state index < -0.39 is 21.3 Å². The first kappa shape index (κ1) is 15.9. The summed E-state index contributed by atoms with van der Waals surface area (Å²) in [7, 11) is -1.25. The van der Waals surface area contributed by atoms with Crippen molar-refractivity contribution in [3.8, 4) is 0 Å². The van der Waals surface area contributed by atoms with Crippen LogP contribution in [0.1, 0.15) is 13.3 Å². The molecule has 0 radical (unpaired) electrons. The van der Waals surface area contributed by atoms with Gasteiger partial charge in [0.05, 0.1) is 0 Å². The summed E-state index contributed by atoms with van der Waals surface area (Å²) in [6, 6.07) is 0. The molecule has 2 N–H and O–H groups in total. The lowest BCUT2D eigenvalue weighted by Gasteiger charge is -2.22. The van der Waals surface area contributed by atoms with Crippen LogP contribution in [0.25, 0.3) is 0 Å². The van der Waals surface area contributed by atoms with Gasteiger partial charge in [0.15, 0.2) is 4.90 Å². The fourth-order valence-electron chi connectivity index (χ4n) is 2.44. The molecule has 1 fully saturated rings. The van der Waals surface area contributed by atoms with Gasteiger partial charge >= 0.3 is 5.69 Å². The van der Waals surface area contributed by atoms with Crippen LogP contribution in [-0.4, -0.2) is 41.5 Å². The monoisotopic (exact) mass is 316 g/mol. The highest BCUT2D eigenvalue weighted by molar-refractivity contribution is 7.89. The summed E-state index contributed by atoms with van der Waals surface area (Å²) in [6.07, 6.45) is 1.73. The summed E-state index contributed by atoms with van der Waals surface area (Å²) in [4.78, 5) is 23.4. The molecule has 0 spiro atoms. The molecule has 0 bridgehead atoms. The topological polar surface area (TPSA) is 107 Å². The number of nitrogens with two attached hydrogens (primary N) is 1. The van der Waals surface area contributed by atoms with Crippen molar-refractivity contribution in [3.63, 3.8) is 0 Å². The van der Waals surface area contributed by atoms with E-state index in [1.165, 1.54) is 18.4 Å². The second-order valence-corrected chi connectivity index (χ2v) is 7.76. The van der Waals surface area contributed by atoms with Gasteiger partial charge in [-0.05, 0) is 18.4 Å². The summed E-state index contributed by atoms with van der Waals surface area (Å²) < 4.78 is 28.4. The molecule has 1 saturated heterocycles. The minimum atomic E-state index is -3.93. The Kier molecular flexibility index (Phi) is 3.85. The van der Waals surface area contributed by atoms with E-state index in [9.17, 15) is 18.0 Å². The van der Waals surface area contributed by atoms with Gasteiger partial charge in [0.25, 0.3) is 5.56 Å². The van der Waals surface area contributed by atoms with Crippen LogP contribution in [0.3, 0.4) is 0 Å². The molecular weight excluding hydrogens is 296 g/mol. The van der Waals surface area contributed by atoms with Crippen LogP contribution in [0.5, 0.6) is 0 Å². The maximum Gasteiger partial charge on any atom is 0.330 e. The van der Waals surface area contributed by atoms with Crippen LogP contribution < -0.4 is 17.0 Å². The molecule has 21 heavy (non-hydrogen) atoms. The second kappa shape index (κ2) is 5.08. The summed E-state index contributed by atoms with van der Waals surface area (Å²) in [5.74, 6) is 0. The summed E-state index contributed by atoms with van der Waals surface area (Å²) in [6.45, 7) is 2.89. The summed E-state index contributed by atoms with van der Waals surface area (Å²) in [5.41, 5.74) is 4.03. The molecule has 0 saturated carbocycles. The largest absolute Gasteiger partial charge is 0.330 e. The predicted molar refractivity (Wildman–Crippen MR) is 77.5 cm³/mol. The van der Waals surface area contributed by atoms with Gasteiger partial charge in [-0.3, -0.25) is 9.36 Å². The Labute approximate surface area is 122 Å². The van der Waals surface area contributed by atoms with Crippen LogP contribution in [0.2, 0.25) is 0 Å². The standard InChI is InChI=1S/C12H20N4O4S/c1-12(7-13)4-5-16(8-12)21(19,20)9-6-14(2)11(18)15(3)10(9)17/h6H,4-5,7-8,13H2,1-3H3. The molecule has 2 rings (SSSR count). The molecule has 1 aliphatic heterocycles. The number of aryl methyl sites for hydroxylation is 1. The maximum atomic E-state index is 12.6. The maximum absolute atomic E-state index is 12.6. The third-order valence-electron chi connectivity index (χ3n) is 4.05. The Hall–Kier alpha value is -1.45. The average Bonchev–Trinajstić information content (AvgIpc) is 2.84. The minimum Gasteiger partial charge on any atom is -0.330 e. The molecule has 0 aliphatic carbocycles. The molecule has 1 atom stereocenters. The predicted octanol–water partition coefficient (Wildman–Crippen LogP) is -1.56. The lowest BCUT2D eigenvalue weighted by atomic mass is 9.90. The molecule has 1 aromatic heterocycles. The van der Waals surface area contributed by atoms with E-state index in [0.29, 0.717) is 19.5 Å². The molecule has 1 aromatic rings. The fraction of sp³-hybridized carbons (Fsp3) is 0.667. The molecule has 0 aromatic carbocycles. The van der Waals surface area contributed by atoms with E-state index >= 15 is 0 Å². The second-order valence-electron chi connectivity index (χ2n) is 5.85. The third-order valence-corrected chi connectivity index (χ3v) is 5.88. The summed E-state index contributed by atoms with van der Waals surface area (Å²) >= 11 is 0. The van der Waals surface area contributed by atoms with E-state index in [1.54, 1.807) is 0 Å². The van der Waals surface area contributed by atoms with Crippen molar-refractivity contribution in [2.75, 3.05) is 19.6 Å². The molecule has 1 unspecified atom stereocenters. The van der Waals surface area contributed by atoms with Crippen LogP contribution in [0, 0.1) is 5.41 Å². The number of hydrogen-bond donors (Lipinski definition) is 1. The van der Waals surface area contributed by atoms with E-state index in [0.717, 1.165) is 15.3 Å². The highest BCUT2D eigenvalue weighted by Crippen LogP contribution is 2.31. The average molecular weight is 316 g/mol. The van der Waals surface area contributed by atoms with Crippen molar-refractivity contribution < 1.29 is 8.42 Å². The summed E-state index contributed by atoms with van der Waals surface area (Å²) in [5, 5.41) is 0. The number of sulfonamides is 1. The van der Waals surface area contributed by atoms with E-state index in [1.807, 2.05) is 6.92 Å². The zero-order valence-corrected chi connectivity index (χ0v) is 13.2. The van der Waals surface area contributed by atoms with Crippen molar-refractivity contribution in [3.05, 3.63) is 27.0 Å². The SMILES string of the molecule is Cn1cc(S(=O)(=O)N2CCC(C)(CN)C2)c(=O)n(C)c1=O. The smallest absolute Gasteiger partial charge is 0.330 e. The highest BCUT2D eigenvalue weighted by atomic mass is 32.2. The van der Waals surface area contributed by atoms with Crippen molar-refractivity contribution in [2.45, 2.75) is 18.2 Å². The van der Waals surface area contributed by atoms with Crippen molar-refractivity contribution in [1.29, 1.82) is 0 Å². The van der Waals surface area contributed by atoms with Gasteiger partial charge in [-0.15, -0.1) is 0 Å². The number of aromatic nitrogens is 2. The van der Waals surface area contributed by atoms with Gasteiger partial charge in [-0.25, -0.2) is 13.2 Å². The van der Waals surface area contributed by atoms with Gasteiger partial charge in [0.1, 0.15) is 0 Å². The van der Waals surface area contributed by atoms with Crippen LogP contribution in [0.4, 0.5) is 0 Å². The lowest BCUT2D eigenvalue weighted by Crippen LogP contribution is -2.42. The Bertz CT molecular complexity index is 779. The van der Waals surface area contributed by atoms with Gasteiger partial charge in [0, 0.05) is 33.4 Å². The zero-order valence-electron chi connectivity index (χ0n) is 12.4. The normalized spacial score (nSPS) is 23.6. The molecule has 8 nitrogen and oxygen atoms in total. The lowest BCUT2D eigenvalue weighted by molar-refractivity contribution is 0.349. The highest BCUT2D eigenvalue weighted by Gasteiger charge is 2.40. The zero-order chi connectivity index (χ0) is 16.0. The van der Waals surface area contributed by atoms with Crippen LogP contribution in [0.15, 0.2) is 20.7 Å². The van der Waals surface area contributed by atoms with Gasteiger partial charge < -0.3 is 10.3 Å². The van der Waals surface area contributed by atoms with Gasteiger partial charge in [0.2, 0.25) is 10.0 Å². The van der Waals surface area contributed by atoms with E-state index in [2.05, 4.69) is 0 Å². The number of hydrogen-bond acceptors (Lipinski definition) is 5. The first-order chi connectivity index (χ1) is 9.62. The van der Waals surface area contributed by atoms with Crippen molar-refractivity contribution in [2.24, 2.45) is 25.2 Å². The van der Waals surface area contributed by atoms with Crippen molar-refractivity contribution >= 4 is 10.0 Å². The number of rotatable bonds is 3. The molecule has 1 aliphatic rings. The minimum absolute atomic E-state index is 0.276. The van der Waals surface area contributed by atoms with Gasteiger partial charge in [-0.2, -0.15) is 4.31 Å². The number of nitrogens with zero attached hydrogens (tertiary/aromatic N) is 3. The molecular formula is C12H20N4O4S. The molecule has 2 heterocycles. The van der Waals surface area contributed by atoms with Crippen molar-refractivity contribution in [1.82, 2.24) is 13.4 Å². The Morgan fingerprint density at radius 3 is 2.48 bits per heavy atom. The van der Waals surface area contributed by atoms with E-state index in [4.69, 9.17) is 5.73 Å². The Morgan fingerprint density at radius 2 is 1.95 bits per heavy atom. The van der Waals surface area contributed by atoms with Crippen LogP contribution >= 0.6 is 0 Å². The Morgan fingerprint density at radius 1 is 1.33 bits per heavy atom. The van der Waals surface area contributed by atoms with Crippen LogP contribution in [-0.2, 0) is 24.1 Å². The molecule has 118 valence electrons.